The van der Waals surface area contributed by atoms with Crippen LogP contribution in [0.4, 0.5) is 0 Å². The number of rotatable bonds is 1. The Labute approximate surface area is 68.4 Å². The van der Waals surface area contributed by atoms with Crippen LogP contribution in [0.1, 0.15) is 13.3 Å². The number of hydrogen-bond acceptors (Lipinski definition) is 2. The topological polar surface area (TPSA) is 32.3 Å². The van der Waals surface area contributed by atoms with Crippen LogP contribution in [-0.2, 0) is 0 Å². The monoisotopic (exact) mass is 165 g/mol. The summed E-state index contributed by atoms with van der Waals surface area (Å²) in [6.45, 7) is 4.71. The van der Waals surface area contributed by atoms with Gasteiger partial charge in [0.05, 0.1) is 0 Å². The minimum atomic E-state index is 0. The average Bonchev–Trinajstić information content (AvgIpc) is 1.89. The van der Waals surface area contributed by atoms with E-state index in [1.807, 2.05) is 0 Å². The molecule has 62 valence electrons. The molecule has 10 heavy (non-hydrogen) atoms. The van der Waals surface area contributed by atoms with Crippen LogP contribution in [0.15, 0.2) is 0 Å². The van der Waals surface area contributed by atoms with Gasteiger partial charge in [-0.25, -0.2) is 0 Å². The van der Waals surface area contributed by atoms with Gasteiger partial charge in [-0.2, -0.15) is 0 Å². The molecule has 1 heterocycles. The van der Waals surface area contributed by atoms with E-state index in [0.717, 1.165) is 19.5 Å². The third-order valence-electron chi connectivity index (χ3n) is 2.20. The Hall–Kier alpha value is 0.210. The van der Waals surface area contributed by atoms with Crippen LogP contribution in [0.3, 0.4) is 0 Å². The lowest BCUT2D eigenvalue weighted by Crippen LogP contribution is -2.36. The Morgan fingerprint density at radius 3 is 2.70 bits per heavy atom. The first-order valence-corrected chi connectivity index (χ1v) is 3.66. The minimum absolute atomic E-state index is 0. The Bertz CT molecular complexity index is 89.7. The molecule has 2 nitrogen and oxygen atoms in total. The van der Waals surface area contributed by atoms with Crippen molar-refractivity contribution in [3.63, 3.8) is 0 Å². The molecule has 0 aromatic rings. The van der Waals surface area contributed by atoms with Crippen LogP contribution in [0.5, 0.6) is 0 Å². The Kier molecular flexibility index (Phi) is 5.04. The van der Waals surface area contributed by atoms with Crippen LogP contribution in [0.25, 0.3) is 0 Å². The minimum Gasteiger partial charge on any atom is -0.396 e. The fourth-order valence-electron chi connectivity index (χ4n) is 1.34. The Morgan fingerprint density at radius 1 is 1.60 bits per heavy atom. The van der Waals surface area contributed by atoms with Gasteiger partial charge in [-0.15, -0.1) is 12.4 Å². The quantitative estimate of drug-likeness (QED) is 0.598. The van der Waals surface area contributed by atoms with Gasteiger partial charge in [0.15, 0.2) is 0 Å². The van der Waals surface area contributed by atoms with Gasteiger partial charge in [0, 0.05) is 6.61 Å². The maximum atomic E-state index is 8.83. The van der Waals surface area contributed by atoms with E-state index < -0.39 is 0 Å². The van der Waals surface area contributed by atoms with E-state index in [2.05, 4.69) is 12.2 Å². The molecular formula is C7H16ClNO. The van der Waals surface area contributed by atoms with Crippen LogP contribution >= 0.6 is 12.4 Å². The van der Waals surface area contributed by atoms with Gasteiger partial charge in [0.1, 0.15) is 0 Å². The van der Waals surface area contributed by atoms with Gasteiger partial charge in [0.2, 0.25) is 0 Å². The Balaban J connectivity index is 0.000000810. The molecule has 0 amide bonds. The molecule has 1 aliphatic heterocycles. The SMILES string of the molecule is C[C@H]1CNCC[C@@H]1CO.Cl. The number of aliphatic hydroxyl groups is 1. The van der Waals surface area contributed by atoms with Crippen LogP contribution < -0.4 is 5.32 Å². The van der Waals surface area contributed by atoms with Crippen molar-refractivity contribution in [3.05, 3.63) is 0 Å². The maximum Gasteiger partial charge on any atom is 0.0462 e. The van der Waals surface area contributed by atoms with Gasteiger partial charge in [-0.3, -0.25) is 0 Å². The molecule has 1 rings (SSSR count). The second kappa shape index (κ2) is 4.94. The number of piperidine rings is 1. The summed E-state index contributed by atoms with van der Waals surface area (Å²) in [5.74, 6) is 1.20. The third-order valence-corrected chi connectivity index (χ3v) is 2.20. The summed E-state index contributed by atoms with van der Waals surface area (Å²) in [7, 11) is 0. The predicted octanol–water partition coefficient (Wildman–Crippen LogP) is 0.646. The van der Waals surface area contributed by atoms with Crippen molar-refractivity contribution in [2.45, 2.75) is 13.3 Å². The van der Waals surface area contributed by atoms with Crippen molar-refractivity contribution in [1.82, 2.24) is 5.32 Å². The van der Waals surface area contributed by atoms with Crippen molar-refractivity contribution < 1.29 is 5.11 Å². The van der Waals surface area contributed by atoms with E-state index in [4.69, 9.17) is 5.11 Å². The first kappa shape index (κ1) is 10.2. The molecule has 0 aliphatic carbocycles. The predicted molar refractivity (Wildman–Crippen MR) is 44.5 cm³/mol. The lowest BCUT2D eigenvalue weighted by atomic mass is 9.89. The molecule has 1 fully saturated rings. The van der Waals surface area contributed by atoms with Crippen molar-refractivity contribution >= 4 is 12.4 Å². The summed E-state index contributed by atoms with van der Waals surface area (Å²) in [4.78, 5) is 0. The standard InChI is InChI=1S/C7H15NO.ClH/c1-6-4-8-3-2-7(6)5-9;/h6-9H,2-5H2,1H3;1H/t6-,7+;/m0./s1. The fraction of sp³-hybridized carbons (Fsp3) is 1.00. The fourth-order valence-corrected chi connectivity index (χ4v) is 1.34. The number of nitrogens with one attached hydrogen (secondary N) is 1. The number of aliphatic hydroxyl groups excluding tert-OH is 1. The van der Waals surface area contributed by atoms with Gasteiger partial charge in [-0.05, 0) is 31.3 Å². The second-order valence-electron chi connectivity index (χ2n) is 2.91. The molecule has 0 radical (unpaired) electrons. The highest BCUT2D eigenvalue weighted by Gasteiger charge is 2.19. The summed E-state index contributed by atoms with van der Waals surface area (Å²) >= 11 is 0. The lowest BCUT2D eigenvalue weighted by molar-refractivity contribution is 0.153. The molecule has 0 aromatic carbocycles. The molecule has 0 saturated carbocycles. The van der Waals surface area contributed by atoms with Crippen LogP contribution in [0, 0.1) is 11.8 Å². The summed E-state index contributed by atoms with van der Waals surface area (Å²) < 4.78 is 0. The Morgan fingerprint density at radius 2 is 2.30 bits per heavy atom. The summed E-state index contributed by atoms with van der Waals surface area (Å²) in [5.41, 5.74) is 0. The molecular weight excluding hydrogens is 150 g/mol. The van der Waals surface area contributed by atoms with Crippen molar-refractivity contribution in [3.8, 4) is 0 Å². The van der Waals surface area contributed by atoms with Crippen molar-refractivity contribution in [2.24, 2.45) is 11.8 Å². The smallest absolute Gasteiger partial charge is 0.0462 e. The van der Waals surface area contributed by atoms with Gasteiger partial charge >= 0.3 is 0 Å². The second-order valence-corrected chi connectivity index (χ2v) is 2.91. The van der Waals surface area contributed by atoms with E-state index in [1.165, 1.54) is 0 Å². The molecule has 2 atom stereocenters. The number of halogens is 1. The zero-order chi connectivity index (χ0) is 6.69. The summed E-state index contributed by atoms with van der Waals surface area (Å²) in [6.07, 6.45) is 1.14. The van der Waals surface area contributed by atoms with E-state index >= 15 is 0 Å². The van der Waals surface area contributed by atoms with Gasteiger partial charge in [0.25, 0.3) is 0 Å². The maximum absolute atomic E-state index is 8.83. The molecule has 0 unspecified atom stereocenters. The average molecular weight is 166 g/mol. The molecule has 0 spiro atoms. The van der Waals surface area contributed by atoms with E-state index in [-0.39, 0.29) is 12.4 Å². The number of hydrogen-bond donors (Lipinski definition) is 2. The molecule has 0 aromatic heterocycles. The van der Waals surface area contributed by atoms with Gasteiger partial charge in [-0.1, -0.05) is 6.92 Å². The van der Waals surface area contributed by atoms with E-state index in [0.29, 0.717) is 18.4 Å². The van der Waals surface area contributed by atoms with Gasteiger partial charge < -0.3 is 10.4 Å². The molecule has 0 bridgehead atoms. The molecule has 3 heteroatoms. The molecule has 1 aliphatic rings. The van der Waals surface area contributed by atoms with Crippen molar-refractivity contribution in [2.75, 3.05) is 19.7 Å². The van der Waals surface area contributed by atoms with E-state index in [9.17, 15) is 0 Å². The van der Waals surface area contributed by atoms with Crippen LogP contribution in [-0.4, -0.2) is 24.8 Å². The highest BCUT2D eigenvalue weighted by Crippen LogP contribution is 2.16. The zero-order valence-corrected chi connectivity index (χ0v) is 7.16. The normalized spacial score (nSPS) is 33.0. The molecule has 1 saturated heterocycles. The lowest BCUT2D eigenvalue weighted by Gasteiger charge is -2.27. The van der Waals surface area contributed by atoms with E-state index in [1.54, 1.807) is 0 Å². The van der Waals surface area contributed by atoms with Crippen LogP contribution in [0.2, 0.25) is 0 Å². The van der Waals surface area contributed by atoms with Crippen molar-refractivity contribution in [1.29, 1.82) is 0 Å². The molecule has 2 N–H and O–H groups in total. The summed E-state index contributed by atoms with van der Waals surface area (Å²) in [5, 5.41) is 12.1. The first-order chi connectivity index (χ1) is 4.34. The highest BCUT2D eigenvalue weighted by molar-refractivity contribution is 5.85. The first-order valence-electron chi connectivity index (χ1n) is 3.66. The largest absolute Gasteiger partial charge is 0.396 e. The zero-order valence-electron chi connectivity index (χ0n) is 6.34. The summed E-state index contributed by atoms with van der Waals surface area (Å²) in [6, 6.07) is 0. The third kappa shape index (κ3) is 2.45. The highest BCUT2D eigenvalue weighted by atomic mass is 35.5.